The number of nitro groups is 1. The van der Waals surface area contributed by atoms with Crippen LogP contribution in [0.2, 0.25) is 0 Å². The average molecular weight is 281 g/mol. The van der Waals surface area contributed by atoms with Gasteiger partial charge in [-0.3, -0.25) is 14.9 Å². The number of carboxylic acid groups (broad SMARTS) is 1. The third kappa shape index (κ3) is 4.85. The molecule has 20 heavy (non-hydrogen) atoms. The molecule has 0 aromatic heterocycles. The smallest absolute Gasteiger partial charge is 0.323 e. The molecule has 0 spiro atoms. The second-order valence-corrected chi connectivity index (χ2v) is 4.90. The summed E-state index contributed by atoms with van der Waals surface area (Å²) in [5.74, 6) is -0.965. The van der Waals surface area contributed by atoms with Crippen molar-refractivity contribution < 1.29 is 14.8 Å². The Balaban J connectivity index is 3.05. The Morgan fingerprint density at radius 3 is 2.45 bits per heavy atom. The first kappa shape index (κ1) is 15.9. The van der Waals surface area contributed by atoms with Gasteiger partial charge in [-0.05, 0) is 32.6 Å². The van der Waals surface area contributed by atoms with Gasteiger partial charge in [0.25, 0.3) is 5.69 Å². The molecule has 0 aliphatic carbocycles. The van der Waals surface area contributed by atoms with Crippen LogP contribution in [0.3, 0.4) is 0 Å². The van der Waals surface area contributed by atoms with Gasteiger partial charge in [-0.2, -0.15) is 0 Å². The van der Waals surface area contributed by atoms with Crippen molar-refractivity contribution in [2.24, 2.45) is 0 Å². The lowest BCUT2D eigenvalue weighted by molar-refractivity contribution is -0.384. The van der Waals surface area contributed by atoms with E-state index in [1.807, 2.05) is 19.0 Å². The van der Waals surface area contributed by atoms with E-state index in [1.54, 1.807) is 17.9 Å². The highest BCUT2D eigenvalue weighted by molar-refractivity contribution is 5.74. The van der Waals surface area contributed by atoms with Crippen molar-refractivity contribution in [3.8, 4) is 0 Å². The van der Waals surface area contributed by atoms with Crippen LogP contribution in [0.1, 0.15) is 5.56 Å². The molecule has 1 rings (SSSR count). The Bertz CT molecular complexity index is 502. The fraction of sp³-hybridized carbons (Fsp3) is 0.462. The van der Waals surface area contributed by atoms with Gasteiger partial charge in [0, 0.05) is 30.9 Å². The van der Waals surface area contributed by atoms with Crippen molar-refractivity contribution in [1.29, 1.82) is 0 Å². The van der Waals surface area contributed by atoms with Crippen LogP contribution in [0.15, 0.2) is 18.2 Å². The van der Waals surface area contributed by atoms with E-state index in [0.717, 1.165) is 5.56 Å². The lowest BCUT2D eigenvalue weighted by Crippen LogP contribution is -2.35. The van der Waals surface area contributed by atoms with Gasteiger partial charge in [-0.1, -0.05) is 0 Å². The Hall–Kier alpha value is -2.15. The first-order valence-corrected chi connectivity index (χ1v) is 6.17. The summed E-state index contributed by atoms with van der Waals surface area (Å²) in [5.41, 5.74) is 1.26. The van der Waals surface area contributed by atoms with Gasteiger partial charge in [0.2, 0.25) is 0 Å². The number of nitro benzene ring substituents is 1. The summed E-state index contributed by atoms with van der Waals surface area (Å²) in [7, 11) is 3.77. The quantitative estimate of drug-likeness (QED) is 0.599. The number of likely N-dealkylation sites (N-methyl/N-ethyl adjacent to an activating group) is 1. The molecule has 1 aromatic carbocycles. The summed E-state index contributed by atoms with van der Waals surface area (Å²) >= 11 is 0. The number of hydrogen-bond donors (Lipinski definition) is 1. The third-order valence-electron chi connectivity index (χ3n) is 2.77. The molecule has 0 aliphatic rings. The van der Waals surface area contributed by atoms with Crippen LogP contribution in [-0.4, -0.2) is 54.6 Å². The van der Waals surface area contributed by atoms with Gasteiger partial charge in [0.05, 0.1) is 4.92 Å². The minimum Gasteiger partial charge on any atom is -0.480 e. The second-order valence-electron chi connectivity index (χ2n) is 4.90. The number of aryl methyl sites for hydroxylation is 1. The van der Waals surface area contributed by atoms with Crippen molar-refractivity contribution in [3.05, 3.63) is 33.9 Å². The normalized spacial score (nSPS) is 10.6. The molecule has 0 unspecified atom stereocenters. The number of anilines is 1. The van der Waals surface area contributed by atoms with Gasteiger partial charge in [0.1, 0.15) is 6.54 Å². The maximum Gasteiger partial charge on any atom is 0.323 e. The minimum atomic E-state index is -0.965. The van der Waals surface area contributed by atoms with Crippen molar-refractivity contribution >= 4 is 17.3 Å². The van der Waals surface area contributed by atoms with Gasteiger partial charge in [-0.25, -0.2) is 0 Å². The second kappa shape index (κ2) is 6.85. The molecule has 7 nitrogen and oxygen atoms in total. The van der Waals surface area contributed by atoms with Crippen molar-refractivity contribution in [2.45, 2.75) is 6.92 Å². The number of carboxylic acids is 1. The van der Waals surface area contributed by atoms with Crippen LogP contribution >= 0.6 is 0 Å². The maximum absolute atomic E-state index is 10.9. The molecular weight excluding hydrogens is 262 g/mol. The van der Waals surface area contributed by atoms with E-state index in [1.165, 1.54) is 12.1 Å². The topological polar surface area (TPSA) is 86.9 Å². The van der Waals surface area contributed by atoms with Crippen LogP contribution < -0.4 is 4.90 Å². The van der Waals surface area contributed by atoms with Crippen LogP contribution in [0.4, 0.5) is 11.4 Å². The van der Waals surface area contributed by atoms with Crippen LogP contribution in [0.25, 0.3) is 0 Å². The summed E-state index contributed by atoms with van der Waals surface area (Å²) in [6.45, 7) is 2.71. The number of non-ortho nitro benzene ring substituents is 1. The van der Waals surface area contributed by atoms with Gasteiger partial charge >= 0.3 is 5.97 Å². The number of benzene rings is 1. The Morgan fingerprint density at radius 2 is 1.95 bits per heavy atom. The molecule has 0 amide bonds. The highest BCUT2D eigenvalue weighted by atomic mass is 16.6. The van der Waals surface area contributed by atoms with Crippen LogP contribution in [0.5, 0.6) is 0 Å². The fourth-order valence-electron chi connectivity index (χ4n) is 1.81. The third-order valence-corrected chi connectivity index (χ3v) is 2.77. The Labute approximate surface area is 117 Å². The number of nitrogens with zero attached hydrogens (tertiary/aromatic N) is 3. The van der Waals surface area contributed by atoms with E-state index in [-0.39, 0.29) is 12.2 Å². The Kier molecular flexibility index (Phi) is 5.45. The van der Waals surface area contributed by atoms with E-state index in [2.05, 4.69) is 0 Å². The summed E-state index contributed by atoms with van der Waals surface area (Å²) in [4.78, 5) is 24.9. The standard InChI is InChI=1S/C13H19N3O4/c1-10-6-11(8-12(7-10)16(19)20)15(9-13(17)18)5-4-14(2)3/h6-8H,4-5,9H2,1-3H3,(H,17,18). The summed E-state index contributed by atoms with van der Waals surface area (Å²) in [6.07, 6.45) is 0. The summed E-state index contributed by atoms with van der Waals surface area (Å²) in [6, 6.07) is 4.63. The molecule has 0 radical (unpaired) electrons. The van der Waals surface area contributed by atoms with E-state index >= 15 is 0 Å². The van der Waals surface area contributed by atoms with Crippen molar-refractivity contribution in [1.82, 2.24) is 4.90 Å². The van der Waals surface area contributed by atoms with Gasteiger partial charge in [0.15, 0.2) is 0 Å². The molecule has 1 N–H and O–H groups in total. The minimum absolute atomic E-state index is 0.0276. The molecular formula is C13H19N3O4. The van der Waals surface area contributed by atoms with E-state index in [0.29, 0.717) is 18.8 Å². The van der Waals surface area contributed by atoms with Crippen LogP contribution in [-0.2, 0) is 4.79 Å². The molecule has 0 atom stereocenters. The molecule has 0 saturated heterocycles. The lowest BCUT2D eigenvalue weighted by atomic mass is 10.1. The predicted molar refractivity (Wildman–Crippen MR) is 76.2 cm³/mol. The first-order chi connectivity index (χ1) is 9.29. The molecule has 0 bridgehead atoms. The van der Waals surface area contributed by atoms with Crippen molar-refractivity contribution in [2.75, 3.05) is 38.6 Å². The number of aliphatic carboxylic acids is 1. The largest absolute Gasteiger partial charge is 0.480 e. The molecule has 0 fully saturated rings. The maximum atomic E-state index is 10.9. The van der Waals surface area contributed by atoms with Crippen LogP contribution in [0, 0.1) is 17.0 Å². The Morgan fingerprint density at radius 1 is 1.30 bits per heavy atom. The van der Waals surface area contributed by atoms with E-state index in [9.17, 15) is 14.9 Å². The highest BCUT2D eigenvalue weighted by Crippen LogP contribution is 2.23. The average Bonchev–Trinajstić information content (AvgIpc) is 2.32. The van der Waals surface area contributed by atoms with Gasteiger partial charge in [-0.15, -0.1) is 0 Å². The predicted octanol–water partition coefficient (Wildman–Crippen LogP) is 1.36. The zero-order valence-electron chi connectivity index (χ0n) is 11.9. The molecule has 7 heteroatoms. The SMILES string of the molecule is Cc1cc(N(CCN(C)C)CC(=O)O)cc([N+](=O)[O-])c1. The lowest BCUT2D eigenvalue weighted by Gasteiger charge is -2.24. The van der Waals surface area contributed by atoms with Crippen molar-refractivity contribution in [3.63, 3.8) is 0 Å². The number of carbonyl (C=O) groups is 1. The highest BCUT2D eigenvalue weighted by Gasteiger charge is 2.15. The number of hydrogen-bond acceptors (Lipinski definition) is 5. The number of rotatable bonds is 7. The van der Waals surface area contributed by atoms with E-state index < -0.39 is 10.9 Å². The van der Waals surface area contributed by atoms with E-state index in [4.69, 9.17) is 5.11 Å². The first-order valence-electron chi connectivity index (χ1n) is 6.17. The molecule has 0 saturated carbocycles. The molecule has 0 heterocycles. The summed E-state index contributed by atoms with van der Waals surface area (Å²) in [5, 5.41) is 19.8. The molecule has 0 aliphatic heterocycles. The monoisotopic (exact) mass is 281 g/mol. The molecule has 1 aromatic rings. The molecule has 110 valence electrons. The summed E-state index contributed by atoms with van der Waals surface area (Å²) < 4.78 is 0. The van der Waals surface area contributed by atoms with Gasteiger partial charge < -0.3 is 14.9 Å². The fourth-order valence-corrected chi connectivity index (χ4v) is 1.81. The zero-order valence-corrected chi connectivity index (χ0v) is 11.9. The zero-order chi connectivity index (χ0) is 15.3.